The van der Waals surface area contributed by atoms with Crippen molar-refractivity contribution in [2.24, 2.45) is 5.73 Å². The van der Waals surface area contributed by atoms with Gasteiger partial charge in [-0.15, -0.1) is 0 Å². The van der Waals surface area contributed by atoms with Gasteiger partial charge in [0.15, 0.2) is 11.6 Å². The second kappa shape index (κ2) is 9.99. The van der Waals surface area contributed by atoms with Crippen LogP contribution in [0.4, 0.5) is 26.5 Å². The molecule has 0 bridgehead atoms. The minimum absolute atomic E-state index is 0.0857. The van der Waals surface area contributed by atoms with E-state index in [1.165, 1.54) is 0 Å². The highest BCUT2D eigenvalue weighted by Gasteiger charge is 2.30. The third kappa shape index (κ3) is 6.75. The summed E-state index contributed by atoms with van der Waals surface area (Å²) in [6, 6.07) is 1.96. The van der Waals surface area contributed by atoms with Crippen molar-refractivity contribution < 1.29 is 23.5 Å². The number of pyridine rings is 2. The van der Waals surface area contributed by atoms with Crippen LogP contribution in [0, 0.1) is 12.7 Å². The molecule has 3 rings (SSSR count). The Balaban J connectivity index is 1.83. The Labute approximate surface area is 191 Å². The van der Waals surface area contributed by atoms with Crippen molar-refractivity contribution in [2.75, 3.05) is 23.8 Å². The molecule has 0 spiro atoms. The molecule has 0 unspecified atom stereocenters. The number of hydrogen-bond acceptors (Lipinski definition) is 8. The molecule has 1 saturated heterocycles. The number of aromatic nitrogens is 2. The number of rotatable bonds is 6. The molecule has 2 atom stereocenters. The maximum atomic E-state index is 14.8. The van der Waals surface area contributed by atoms with Crippen LogP contribution in [0.3, 0.4) is 0 Å². The third-order valence-electron chi connectivity index (χ3n) is 4.76. The van der Waals surface area contributed by atoms with Crippen LogP contribution < -0.4 is 21.7 Å². The van der Waals surface area contributed by atoms with Gasteiger partial charge < -0.3 is 31.2 Å². The van der Waals surface area contributed by atoms with E-state index in [9.17, 15) is 14.0 Å². The van der Waals surface area contributed by atoms with Crippen LogP contribution in [0.5, 0.6) is 0 Å². The van der Waals surface area contributed by atoms with Gasteiger partial charge in [0, 0.05) is 12.8 Å². The fraction of sp³-hybridized carbons (Fsp3) is 0.455. The summed E-state index contributed by atoms with van der Waals surface area (Å²) in [6.45, 7) is 7.79. The van der Waals surface area contributed by atoms with E-state index in [4.69, 9.17) is 15.2 Å². The summed E-state index contributed by atoms with van der Waals surface area (Å²) in [6.07, 6.45) is 3.12. The fourth-order valence-electron chi connectivity index (χ4n) is 3.32. The van der Waals surface area contributed by atoms with Crippen molar-refractivity contribution in [3.63, 3.8) is 0 Å². The number of nitrogens with two attached hydrogens (primary N) is 1. The first-order valence-electron chi connectivity index (χ1n) is 10.5. The van der Waals surface area contributed by atoms with Crippen LogP contribution in [-0.2, 0) is 9.47 Å². The summed E-state index contributed by atoms with van der Waals surface area (Å²) in [5.74, 6) is -1.58. The van der Waals surface area contributed by atoms with E-state index in [0.717, 1.165) is 11.6 Å². The van der Waals surface area contributed by atoms with Gasteiger partial charge in [0.05, 0.1) is 36.1 Å². The van der Waals surface area contributed by atoms with E-state index in [1.54, 1.807) is 39.2 Å². The van der Waals surface area contributed by atoms with Gasteiger partial charge in [0.1, 0.15) is 11.4 Å². The second-order valence-corrected chi connectivity index (χ2v) is 8.82. The van der Waals surface area contributed by atoms with E-state index in [1.807, 2.05) is 6.92 Å². The van der Waals surface area contributed by atoms with Crippen LogP contribution in [0.15, 0.2) is 24.5 Å². The standard InChI is InChI=1S/C22H29FN6O4/c1-12-7-13(10-25-9-12)26-19-14(18(24)30)8-15(23)20(29-19)27-16-5-6-32-11-17(16)28-21(31)33-22(2,3)4/h7-10,16-17H,5-6,11H2,1-4H3,(H2,24,30)(H,28,31)(H2,26,27,29)/t16-,17+/m1/s1. The Morgan fingerprint density at radius 3 is 2.64 bits per heavy atom. The van der Waals surface area contributed by atoms with Crippen molar-refractivity contribution in [2.45, 2.75) is 51.8 Å². The Hall–Kier alpha value is -3.47. The van der Waals surface area contributed by atoms with E-state index in [-0.39, 0.29) is 29.8 Å². The summed E-state index contributed by atoms with van der Waals surface area (Å²) >= 11 is 0. The van der Waals surface area contributed by atoms with Crippen LogP contribution >= 0.6 is 0 Å². The molecule has 0 aromatic carbocycles. The van der Waals surface area contributed by atoms with Gasteiger partial charge in [0.25, 0.3) is 5.91 Å². The SMILES string of the molecule is Cc1cncc(Nc2nc(N[C@@H]3CCOC[C@@H]3NC(=O)OC(C)(C)C)c(F)cc2C(N)=O)c1. The first-order valence-corrected chi connectivity index (χ1v) is 10.5. The first kappa shape index (κ1) is 24.2. The lowest BCUT2D eigenvalue weighted by atomic mass is 10.0. The zero-order valence-electron chi connectivity index (χ0n) is 19.1. The van der Waals surface area contributed by atoms with Gasteiger partial charge in [-0.3, -0.25) is 9.78 Å². The number of alkyl carbamates (subject to hydrolysis) is 1. The molecule has 10 nitrogen and oxygen atoms in total. The largest absolute Gasteiger partial charge is 0.444 e. The minimum Gasteiger partial charge on any atom is -0.444 e. The predicted molar refractivity (Wildman–Crippen MR) is 121 cm³/mol. The topological polar surface area (TPSA) is 140 Å². The Morgan fingerprint density at radius 1 is 1.21 bits per heavy atom. The number of ether oxygens (including phenoxy) is 2. The first-order chi connectivity index (χ1) is 15.5. The van der Waals surface area contributed by atoms with Gasteiger partial charge in [-0.1, -0.05) is 0 Å². The van der Waals surface area contributed by atoms with Crippen LogP contribution in [0.25, 0.3) is 0 Å². The molecule has 33 heavy (non-hydrogen) atoms. The molecule has 178 valence electrons. The summed E-state index contributed by atoms with van der Waals surface area (Å²) in [4.78, 5) is 32.5. The number of primary amides is 1. The normalized spacial score (nSPS) is 18.3. The number of carbonyl (C=O) groups is 2. The Bertz CT molecular complexity index is 1030. The van der Waals surface area contributed by atoms with Gasteiger partial charge in [-0.2, -0.15) is 0 Å². The van der Waals surface area contributed by atoms with Crippen molar-refractivity contribution in [3.05, 3.63) is 41.5 Å². The average molecular weight is 461 g/mol. The molecule has 1 aliphatic rings. The predicted octanol–water partition coefficient (Wildman–Crippen LogP) is 2.86. The number of amides is 2. The zero-order valence-corrected chi connectivity index (χ0v) is 19.1. The molecule has 2 amide bonds. The quantitative estimate of drug-likeness (QED) is 0.516. The summed E-state index contributed by atoms with van der Waals surface area (Å²) in [7, 11) is 0. The molecular weight excluding hydrogens is 431 g/mol. The summed E-state index contributed by atoms with van der Waals surface area (Å²) in [5, 5.41) is 8.76. The Kier molecular flexibility index (Phi) is 7.32. The molecule has 1 aliphatic heterocycles. The maximum Gasteiger partial charge on any atom is 0.408 e. The van der Waals surface area contributed by atoms with E-state index < -0.39 is 29.5 Å². The van der Waals surface area contributed by atoms with Crippen molar-refractivity contribution in [3.8, 4) is 0 Å². The van der Waals surface area contributed by atoms with E-state index in [0.29, 0.717) is 18.7 Å². The lowest BCUT2D eigenvalue weighted by molar-refractivity contribution is 0.0317. The third-order valence-corrected chi connectivity index (χ3v) is 4.76. The van der Waals surface area contributed by atoms with E-state index >= 15 is 0 Å². The minimum atomic E-state index is -0.827. The molecular formula is C22H29FN6O4. The molecule has 5 N–H and O–H groups in total. The smallest absolute Gasteiger partial charge is 0.408 e. The fourth-order valence-corrected chi connectivity index (χ4v) is 3.32. The van der Waals surface area contributed by atoms with E-state index in [2.05, 4.69) is 25.9 Å². The zero-order chi connectivity index (χ0) is 24.2. The van der Waals surface area contributed by atoms with Crippen LogP contribution in [0.1, 0.15) is 43.1 Å². The molecule has 0 saturated carbocycles. The molecule has 1 fully saturated rings. The number of halogens is 1. The van der Waals surface area contributed by atoms with Gasteiger partial charge in [0.2, 0.25) is 0 Å². The van der Waals surface area contributed by atoms with Gasteiger partial charge >= 0.3 is 6.09 Å². The molecule has 11 heteroatoms. The van der Waals surface area contributed by atoms with Gasteiger partial charge in [-0.25, -0.2) is 14.2 Å². The lowest BCUT2D eigenvalue weighted by Crippen LogP contribution is -2.53. The van der Waals surface area contributed by atoms with Crippen molar-refractivity contribution >= 4 is 29.3 Å². The van der Waals surface area contributed by atoms with Gasteiger partial charge in [-0.05, 0) is 51.8 Å². The number of aryl methyl sites for hydroxylation is 1. The molecule has 3 heterocycles. The number of nitrogens with one attached hydrogen (secondary N) is 3. The van der Waals surface area contributed by atoms with Crippen LogP contribution in [-0.4, -0.2) is 52.9 Å². The number of nitrogens with zero attached hydrogens (tertiary/aromatic N) is 2. The lowest BCUT2D eigenvalue weighted by Gasteiger charge is -2.33. The molecule has 2 aromatic rings. The Morgan fingerprint density at radius 2 is 1.97 bits per heavy atom. The number of carbonyl (C=O) groups excluding carboxylic acids is 2. The average Bonchev–Trinajstić information content (AvgIpc) is 2.70. The highest BCUT2D eigenvalue weighted by Crippen LogP contribution is 2.25. The highest BCUT2D eigenvalue weighted by molar-refractivity contribution is 5.98. The summed E-state index contributed by atoms with van der Waals surface area (Å²) in [5.41, 5.74) is 6.12. The molecule has 2 aromatic heterocycles. The summed E-state index contributed by atoms with van der Waals surface area (Å²) < 4.78 is 25.6. The number of hydrogen-bond donors (Lipinski definition) is 4. The van der Waals surface area contributed by atoms with Crippen molar-refractivity contribution in [1.29, 1.82) is 0 Å². The van der Waals surface area contributed by atoms with Crippen molar-refractivity contribution in [1.82, 2.24) is 15.3 Å². The van der Waals surface area contributed by atoms with Crippen LogP contribution in [0.2, 0.25) is 0 Å². The second-order valence-electron chi connectivity index (χ2n) is 8.82. The number of anilines is 3. The molecule has 0 aliphatic carbocycles. The molecule has 0 radical (unpaired) electrons. The monoisotopic (exact) mass is 460 g/mol. The highest BCUT2D eigenvalue weighted by atomic mass is 19.1. The maximum absolute atomic E-state index is 14.8.